The summed E-state index contributed by atoms with van der Waals surface area (Å²) in [7, 11) is 4.49. The van der Waals surface area contributed by atoms with E-state index in [9.17, 15) is 23.2 Å². The van der Waals surface area contributed by atoms with Crippen LogP contribution in [0.1, 0.15) is 10.4 Å². The highest BCUT2D eigenvalue weighted by atomic mass is 19.3. The Morgan fingerprint density at radius 1 is 1.03 bits per heavy atom. The molecule has 0 aliphatic carbocycles. The topological polar surface area (TPSA) is 106 Å². The van der Waals surface area contributed by atoms with Crippen LogP contribution in [0.2, 0.25) is 0 Å². The first-order valence-corrected chi connectivity index (χ1v) is 9.33. The maximum absolute atomic E-state index is 12.4. The third-order valence-electron chi connectivity index (χ3n) is 4.05. The van der Waals surface area contributed by atoms with Gasteiger partial charge >= 0.3 is 6.61 Å². The lowest BCUT2D eigenvalue weighted by Crippen LogP contribution is -2.32. The number of rotatable bonds is 10. The van der Waals surface area contributed by atoms with E-state index in [0.717, 1.165) is 0 Å². The van der Waals surface area contributed by atoms with Crippen LogP contribution in [0.5, 0.6) is 17.2 Å². The monoisotopic (exact) mass is 451 g/mol. The summed E-state index contributed by atoms with van der Waals surface area (Å²) in [6, 6.07) is 10.0. The first kappa shape index (κ1) is 24.4. The Kier molecular flexibility index (Phi) is 8.75. The molecule has 3 amide bonds. The molecule has 0 aliphatic rings. The van der Waals surface area contributed by atoms with Gasteiger partial charge in [-0.15, -0.1) is 0 Å². The number of anilines is 1. The minimum absolute atomic E-state index is 0.0445. The molecule has 0 radical (unpaired) electrons. The molecule has 0 spiro atoms. The molecule has 2 aromatic carbocycles. The Hall–Kier alpha value is -3.89. The second-order valence-corrected chi connectivity index (χ2v) is 6.58. The molecule has 11 heteroatoms. The lowest BCUT2D eigenvalue weighted by Gasteiger charge is -2.12. The van der Waals surface area contributed by atoms with Crippen molar-refractivity contribution in [2.24, 2.45) is 0 Å². The van der Waals surface area contributed by atoms with Crippen LogP contribution in [0, 0.1) is 0 Å². The number of hydrogen-bond acceptors (Lipinski definition) is 6. The number of ether oxygens (including phenoxy) is 3. The number of benzene rings is 2. The average molecular weight is 451 g/mol. The van der Waals surface area contributed by atoms with E-state index in [4.69, 9.17) is 9.47 Å². The Labute approximate surface area is 183 Å². The standard InChI is InChI=1S/C21H23F2N3O6/c1-26(2)19(28)12-31-15-7-5-14(6-8-15)25-18(27)11-24-20(29)13-4-9-16(32-21(22)23)17(10-13)30-3/h4-10,21H,11-12H2,1-3H3,(H,24,29)(H,25,27). The summed E-state index contributed by atoms with van der Waals surface area (Å²) in [5.41, 5.74) is 0.566. The van der Waals surface area contributed by atoms with Crippen molar-refractivity contribution in [3.8, 4) is 17.2 Å². The first-order valence-electron chi connectivity index (χ1n) is 9.33. The minimum atomic E-state index is -3.03. The first-order chi connectivity index (χ1) is 15.2. The SMILES string of the molecule is COc1cc(C(=O)NCC(=O)Nc2ccc(OCC(=O)N(C)C)cc2)ccc1OC(F)F. The summed E-state index contributed by atoms with van der Waals surface area (Å²) in [5, 5.41) is 5.02. The lowest BCUT2D eigenvalue weighted by molar-refractivity contribution is -0.130. The van der Waals surface area contributed by atoms with Crippen molar-refractivity contribution in [3.05, 3.63) is 48.0 Å². The molecule has 0 aromatic heterocycles. The molecule has 2 rings (SSSR count). The molecular formula is C21H23F2N3O6. The van der Waals surface area contributed by atoms with Crippen LogP contribution in [-0.4, -0.2) is 63.6 Å². The van der Waals surface area contributed by atoms with Gasteiger partial charge in [0.2, 0.25) is 5.91 Å². The number of nitrogens with one attached hydrogen (secondary N) is 2. The summed E-state index contributed by atoms with van der Waals surface area (Å²) in [6.45, 7) is -3.47. The fraction of sp³-hybridized carbons (Fsp3) is 0.286. The number of hydrogen-bond donors (Lipinski definition) is 2. The maximum atomic E-state index is 12.4. The lowest BCUT2D eigenvalue weighted by atomic mass is 10.2. The Balaban J connectivity index is 1.86. The Morgan fingerprint density at radius 2 is 1.72 bits per heavy atom. The molecular weight excluding hydrogens is 428 g/mol. The molecule has 0 saturated carbocycles. The number of alkyl halides is 2. The normalized spacial score (nSPS) is 10.3. The maximum Gasteiger partial charge on any atom is 0.387 e. The van der Waals surface area contributed by atoms with Crippen molar-refractivity contribution >= 4 is 23.4 Å². The van der Waals surface area contributed by atoms with E-state index >= 15 is 0 Å². The quantitative estimate of drug-likeness (QED) is 0.573. The second kappa shape index (κ2) is 11.5. The fourth-order valence-electron chi connectivity index (χ4n) is 2.38. The molecule has 0 aliphatic heterocycles. The number of carbonyl (C=O) groups is 3. The molecule has 0 fully saturated rings. The van der Waals surface area contributed by atoms with E-state index in [-0.39, 0.29) is 36.1 Å². The van der Waals surface area contributed by atoms with Gasteiger partial charge in [-0.3, -0.25) is 14.4 Å². The smallest absolute Gasteiger partial charge is 0.387 e. The summed E-state index contributed by atoms with van der Waals surface area (Å²) < 4.78 is 39.4. The van der Waals surface area contributed by atoms with Gasteiger partial charge in [0.25, 0.3) is 11.8 Å². The Morgan fingerprint density at radius 3 is 2.31 bits per heavy atom. The largest absolute Gasteiger partial charge is 0.493 e. The highest BCUT2D eigenvalue weighted by molar-refractivity contribution is 5.99. The van der Waals surface area contributed by atoms with Crippen molar-refractivity contribution in [1.29, 1.82) is 0 Å². The van der Waals surface area contributed by atoms with Gasteiger partial charge in [0.05, 0.1) is 13.7 Å². The van der Waals surface area contributed by atoms with Gasteiger partial charge < -0.3 is 29.7 Å². The van der Waals surface area contributed by atoms with E-state index < -0.39 is 18.4 Å². The van der Waals surface area contributed by atoms with Crippen LogP contribution in [0.15, 0.2) is 42.5 Å². The summed E-state index contributed by atoms with van der Waals surface area (Å²) in [4.78, 5) is 37.3. The molecule has 0 atom stereocenters. The van der Waals surface area contributed by atoms with Crippen molar-refractivity contribution < 1.29 is 37.4 Å². The molecule has 0 heterocycles. The molecule has 32 heavy (non-hydrogen) atoms. The van der Waals surface area contributed by atoms with Gasteiger partial charge in [-0.1, -0.05) is 0 Å². The molecule has 0 bridgehead atoms. The van der Waals surface area contributed by atoms with Crippen LogP contribution < -0.4 is 24.8 Å². The number of likely N-dealkylation sites (N-methyl/N-ethyl adjacent to an activating group) is 1. The van der Waals surface area contributed by atoms with E-state index in [1.807, 2.05) is 0 Å². The van der Waals surface area contributed by atoms with Gasteiger partial charge in [-0.05, 0) is 42.5 Å². The van der Waals surface area contributed by atoms with Gasteiger partial charge in [-0.25, -0.2) is 0 Å². The van der Waals surface area contributed by atoms with Crippen molar-refractivity contribution in [1.82, 2.24) is 10.2 Å². The van der Waals surface area contributed by atoms with Crippen molar-refractivity contribution in [3.63, 3.8) is 0 Å². The summed E-state index contributed by atoms with van der Waals surface area (Å²) in [5.74, 6) is -1.07. The van der Waals surface area contributed by atoms with Gasteiger partial charge in [0.15, 0.2) is 18.1 Å². The molecule has 2 N–H and O–H groups in total. The van der Waals surface area contributed by atoms with Crippen LogP contribution in [0.3, 0.4) is 0 Å². The third kappa shape index (κ3) is 7.42. The average Bonchev–Trinajstić information content (AvgIpc) is 2.76. The van der Waals surface area contributed by atoms with E-state index in [1.165, 1.54) is 30.2 Å². The number of nitrogens with zero attached hydrogens (tertiary/aromatic N) is 1. The predicted octanol–water partition coefficient (Wildman–Crippen LogP) is 2.13. The van der Waals surface area contributed by atoms with E-state index in [1.54, 1.807) is 38.4 Å². The summed E-state index contributed by atoms with van der Waals surface area (Å²) >= 11 is 0. The zero-order valence-electron chi connectivity index (χ0n) is 17.7. The van der Waals surface area contributed by atoms with Gasteiger partial charge in [0, 0.05) is 25.3 Å². The molecule has 0 saturated heterocycles. The van der Waals surface area contributed by atoms with Crippen molar-refractivity contribution in [2.45, 2.75) is 6.61 Å². The van der Waals surface area contributed by atoms with Gasteiger partial charge in [-0.2, -0.15) is 8.78 Å². The molecule has 172 valence electrons. The Bertz CT molecular complexity index is 951. The van der Waals surface area contributed by atoms with Gasteiger partial charge in [0.1, 0.15) is 5.75 Å². The van der Waals surface area contributed by atoms with Crippen LogP contribution in [-0.2, 0) is 9.59 Å². The van der Waals surface area contributed by atoms with E-state index in [0.29, 0.717) is 11.4 Å². The van der Waals surface area contributed by atoms with Crippen LogP contribution in [0.25, 0.3) is 0 Å². The highest BCUT2D eigenvalue weighted by Gasteiger charge is 2.15. The number of carbonyl (C=O) groups excluding carboxylic acids is 3. The van der Waals surface area contributed by atoms with Crippen molar-refractivity contribution in [2.75, 3.05) is 39.7 Å². The second-order valence-electron chi connectivity index (χ2n) is 6.58. The highest BCUT2D eigenvalue weighted by Crippen LogP contribution is 2.29. The van der Waals surface area contributed by atoms with Crippen LogP contribution >= 0.6 is 0 Å². The zero-order chi connectivity index (χ0) is 23.7. The number of methoxy groups -OCH3 is 1. The van der Waals surface area contributed by atoms with Crippen LogP contribution in [0.4, 0.5) is 14.5 Å². The predicted molar refractivity (Wildman–Crippen MR) is 111 cm³/mol. The fourth-order valence-corrected chi connectivity index (χ4v) is 2.38. The minimum Gasteiger partial charge on any atom is -0.493 e. The number of halogens is 2. The molecule has 9 nitrogen and oxygen atoms in total. The summed E-state index contributed by atoms with van der Waals surface area (Å²) in [6.07, 6.45) is 0. The molecule has 0 unspecified atom stereocenters. The van der Waals surface area contributed by atoms with E-state index in [2.05, 4.69) is 15.4 Å². The molecule has 2 aromatic rings. The zero-order valence-corrected chi connectivity index (χ0v) is 17.7. The number of amides is 3. The third-order valence-corrected chi connectivity index (χ3v) is 4.05.